The second-order valence-corrected chi connectivity index (χ2v) is 9.74. The van der Waals surface area contributed by atoms with Crippen LogP contribution in [-0.2, 0) is 24.9 Å². The molecular formula is C26H29N5O2. The van der Waals surface area contributed by atoms with Crippen LogP contribution in [0.25, 0.3) is 17.1 Å². The first-order chi connectivity index (χ1) is 15.8. The summed E-state index contributed by atoms with van der Waals surface area (Å²) in [6.45, 7) is 10.2. The molecule has 1 aromatic carbocycles. The lowest BCUT2D eigenvalue weighted by molar-refractivity contribution is 0.241. The summed E-state index contributed by atoms with van der Waals surface area (Å²) < 4.78 is 7.80. The van der Waals surface area contributed by atoms with Crippen LogP contribution in [0.1, 0.15) is 49.2 Å². The third-order valence-corrected chi connectivity index (χ3v) is 6.04. The Balaban J connectivity index is 1.46. The van der Waals surface area contributed by atoms with Crippen molar-refractivity contribution in [3.63, 3.8) is 0 Å². The van der Waals surface area contributed by atoms with E-state index < -0.39 is 0 Å². The first-order valence-electron chi connectivity index (χ1n) is 11.3. The number of benzene rings is 1. The summed E-state index contributed by atoms with van der Waals surface area (Å²) in [5.41, 5.74) is 4.35. The van der Waals surface area contributed by atoms with Crippen LogP contribution < -0.4 is 5.56 Å². The van der Waals surface area contributed by atoms with Crippen LogP contribution in [0, 0.1) is 6.92 Å². The predicted molar refractivity (Wildman–Crippen MR) is 127 cm³/mol. The van der Waals surface area contributed by atoms with E-state index in [0.29, 0.717) is 13.1 Å². The maximum atomic E-state index is 12.9. The maximum Gasteiger partial charge on any atom is 0.255 e. The van der Waals surface area contributed by atoms with Gasteiger partial charge in [-0.1, -0.05) is 39.0 Å². The van der Waals surface area contributed by atoms with Crippen molar-refractivity contribution in [3.05, 3.63) is 87.4 Å². The zero-order chi connectivity index (χ0) is 23.2. The van der Waals surface area contributed by atoms with Gasteiger partial charge >= 0.3 is 0 Å². The molecule has 0 spiro atoms. The van der Waals surface area contributed by atoms with Gasteiger partial charge in [0.05, 0.1) is 16.9 Å². The highest BCUT2D eigenvalue weighted by atomic mass is 16.3. The SMILES string of the molecule is Cc1ccc(-c2nn(-c3ccccc3)cc2CN2CCc3nc(C(C)(C)C)[nH]c(=O)c3C2)o1. The molecule has 0 radical (unpaired) electrons. The first-order valence-corrected chi connectivity index (χ1v) is 11.3. The Morgan fingerprint density at radius 3 is 2.61 bits per heavy atom. The van der Waals surface area contributed by atoms with Crippen molar-refractivity contribution >= 4 is 0 Å². The number of rotatable bonds is 4. The molecule has 5 rings (SSSR count). The molecule has 0 bridgehead atoms. The summed E-state index contributed by atoms with van der Waals surface area (Å²) in [6.07, 6.45) is 2.81. The van der Waals surface area contributed by atoms with Gasteiger partial charge in [-0.15, -0.1) is 0 Å². The molecule has 0 saturated carbocycles. The van der Waals surface area contributed by atoms with Crippen molar-refractivity contribution < 1.29 is 4.42 Å². The average Bonchev–Trinajstić information content (AvgIpc) is 3.40. The standard InChI is InChI=1S/C26H29N5O2/c1-17-10-11-22(33-17)23-18(15-31(29-23)19-8-6-5-7-9-19)14-30-13-12-21-20(16-30)24(32)28-25(27-21)26(2,3)4/h5-11,15H,12-14,16H2,1-4H3,(H,27,28,32). The summed E-state index contributed by atoms with van der Waals surface area (Å²) >= 11 is 0. The summed E-state index contributed by atoms with van der Waals surface area (Å²) in [4.78, 5) is 22.9. The summed E-state index contributed by atoms with van der Waals surface area (Å²) in [5, 5.41) is 4.85. The van der Waals surface area contributed by atoms with E-state index in [-0.39, 0.29) is 11.0 Å². The third-order valence-electron chi connectivity index (χ3n) is 6.04. The van der Waals surface area contributed by atoms with Crippen LogP contribution in [0.15, 0.2) is 57.9 Å². The summed E-state index contributed by atoms with van der Waals surface area (Å²) in [7, 11) is 0. The van der Waals surface area contributed by atoms with Gasteiger partial charge in [0.25, 0.3) is 5.56 Å². The highest BCUT2D eigenvalue weighted by Crippen LogP contribution is 2.28. The Morgan fingerprint density at radius 1 is 1.12 bits per heavy atom. The van der Waals surface area contributed by atoms with Crippen molar-refractivity contribution in [1.82, 2.24) is 24.6 Å². The first kappa shape index (κ1) is 21.4. The Hall–Kier alpha value is -3.45. The molecule has 0 aliphatic carbocycles. The van der Waals surface area contributed by atoms with Crippen molar-refractivity contribution in [2.75, 3.05) is 6.54 Å². The van der Waals surface area contributed by atoms with Crippen molar-refractivity contribution in [2.45, 2.75) is 52.6 Å². The average molecular weight is 444 g/mol. The number of hydrogen-bond acceptors (Lipinski definition) is 5. The van der Waals surface area contributed by atoms with E-state index in [0.717, 1.165) is 58.5 Å². The summed E-state index contributed by atoms with van der Waals surface area (Å²) in [6, 6.07) is 14.0. The van der Waals surface area contributed by atoms with E-state index in [9.17, 15) is 4.79 Å². The quantitative estimate of drug-likeness (QED) is 0.506. The molecule has 1 aliphatic rings. The van der Waals surface area contributed by atoms with E-state index in [1.807, 2.05) is 54.1 Å². The highest BCUT2D eigenvalue weighted by molar-refractivity contribution is 5.58. The van der Waals surface area contributed by atoms with E-state index in [1.165, 1.54) is 0 Å². The van der Waals surface area contributed by atoms with E-state index >= 15 is 0 Å². The van der Waals surface area contributed by atoms with Crippen LogP contribution in [-0.4, -0.2) is 31.2 Å². The number of aryl methyl sites for hydroxylation is 1. The topological polar surface area (TPSA) is 80.0 Å². The number of aromatic nitrogens is 4. The molecular weight excluding hydrogens is 414 g/mol. The molecule has 1 aliphatic heterocycles. The zero-order valence-electron chi connectivity index (χ0n) is 19.6. The fourth-order valence-electron chi connectivity index (χ4n) is 4.22. The smallest absolute Gasteiger partial charge is 0.255 e. The molecule has 4 aromatic rings. The van der Waals surface area contributed by atoms with Gasteiger partial charge in [0.15, 0.2) is 5.76 Å². The van der Waals surface area contributed by atoms with E-state index in [1.54, 1.807) is 0 Å². The lowest BCUT2D eigenvalue weighted by Gasteiger charge is -2.28. The number of H-pyrrole nitrogens is 1. The molecule has 7 heteroatoms. The molecule has 0 amide bonds. The monoisotopic (exact) mass is 443 g/mol. The van der Waals surface area contributed by atoms with Gasteiger partial charge in [-0.25, -0.2) is 9.67 Å². The second-order valence-electron chi connectivity index (χ2n) is 9.74. The molecule has 0 saturated heterocycles. The Bertz CT molecular complexity index is 1340. The van der Waals surface area contributed by atoms with Gasteiger partial charge in [0.2, 0.25) is 0 Å². The van der Waals surface area contributed by atoms with E-state index in [4.69, 9.17) is 14.5 Å². The minimum absolute atomic E-state index is 0.0310. The number of nitrogens with one attached hydrogen (secondary N) is 1. The lowest BCUT2D eigenvalue weighted by Crippen LogP contribution is -2.37. The van der Waals surface area contributed by atoms with Crippen LogP contribution in [0.5, 0.6) is 0 Å². The van der Waals surface area contributed by atoms with Crippen LogP contribution in [0.3, 0.4) is 0 Å². The molecule has 0 unspecified atom stereocenters. The van der Waals surface area contributed by atoms with Crippen LogP contribution >= 0.6 is 0 Å². The fourth-order valence-corrected chi connectivity index (χ4v) is 4.22. The number of nitrogens with zero attached hydrogens (tertiary/aromatic N) is 4. The van der Waals surface area contributed by atoms with Crippen LogP contribution in [0.2, 0.25) is 0 Å². The minimum Gasteiger partial charge on any atom is -0.460 e. The third kappa shape index (κ3) is 4.28. The van der Waals surface area contributed by atoms with Crippen molar-refractivity contribution in [3.8, 4) is 17.1 Å². The Kier molecular flexibility index (Phi) is 5.29. The molecule has 0 atom stereocenters. The second kappa shape index (κ2) is 8.15. The molecule has 0 fully saturated rings. The van der Waals surface area contributed by atoms with Gasteiger partial charge in [-0.05, 0) is 31.2 Å². The van der Waals surface area contributed by atoms with Crippen molar-refractivity contribution in [1.29, 1.82) is 0 Å². The number of hydrogen-bond donors (Lipinski definition) is 1. The fraction of sp³-hybridized carbons (Fsp3) is 0.346. The van der Waals surface area contributed by atoms with Crippen molar-refractivity contribution in [2.24, 2.45) is 0 Å². The maximum absolute atomic E-state index is 12.9. The molecule has 4 heterocycles. The number of aromatic amines is 1. The van der Waals surface area contributed by atoms with Gasteiger partial charge in [-0.3, -0.25) is 9.69 Å². The van der Waals surface area contributed by atoms with Crippen LogP contribution in [0.4, 0.5) is 0 Å². The Morgan fingerprint density at radius 2 is 1.91 bits per heavy atom. The van der Waals surface area contributed by atoms with Gasteiger partial charge in [0, 0.05) is 43.2 Å². The highest BCUT2D eigenvalue weighted by Gasteiger charge is 2.26. The summed E-state index contributed by atoms with van der Waals surface area (Å²) in [5.74, 6) is 2.35. The zero-order valence-corrected chi connectivity index (χ0v) is 19.6. The van der Waals surface area contributed by atoms with E-state index in [2.05, 4.69) is 36.9 Å². The molecule has 1 N–H and O–H groups in total. The number of furan rings is 1. The number of para-hydroxylation sites is 1. The predicted octanol–water partition coefficient (Wildman–Crippen LogP) is 4.38. The molecule has 33 heavy (non-hydrogen) atoms. The molecule has 7 nitrogen and oxygen atoms in total. The largest absolute Gasteiger partial charge is 0.460 e. The Labute approximate surface area is 193 Å². The van der Waals surface area contributed by atoms with Gasteiger partial charge < -0.3 is 9.40 Å². The van der Waals surface area contributed by atoms with Gasteiger partial charge in [-0.2, -0.15) is 5.10 Å². The van der Waals surface area contributed by atoms with Gasteiger partial charge in [0.1, 0.15) is 17.3 Å². The normalized spacial score (nSPS) is 14.4. The molecule has 170 valence electrons. The number of fused-ring (bicyclic) bond motifs is 1. The molecule has 3 aromatic heterocycles. The lowest BCUT2D eigenvalue weighted by atomic mass is 9.95. The minimum atomic E-state index is -0.187.